The maximum atomic E-state index is 12.9. The summed E-state index contributed by atoms with van der Waals surface area (Å²) >= 11 is 0. The van der Waals surface area contributed by atoms with Crippen LogP contribution in [0, 0.1) is 5.92 Å². The average Bonchev–Trinajstić information content (AvgIpc) is 2.97. The van der Waals surface area contributed by atoms with Crippen LogP contribution in [0.4, 0.5) is 11.4 Å². The Bertz CT molecular complexity index is 1320. The summed E-state index contributed by atoms with van der Waals surface area (Å²) in [6, 6.07) is 21.6. The first-order chi connectivity index (χ1) is 14.9. The minimum atomic E-state index is -0.251. The molecule has 0 bridgehead atoms. The van der Waals surface area contributed by atoms with Crippen molar-refractivity contribution in [3.63, 3.8) is 0 Å². The van der Waals surface area contributed by atoms with Gasteiger partial charge < -0.3 is 15.2 Å². The highest BCUT2D eigenvalue weighted by Crippen LogP contribution is 2.29. The van der Waals surface area contributed by atoms with Crippen molar-refractivity contribution in [2.75, 3.05) is 30.9 Å². The lowest BCUT2D eigenvalue weighted by atomic mass is 10.1. The number of hydrogen-bond donors (Lipinski definition) is 2. The van der Waals surface area contributed by atoms with Crippen molar-refractivity contribution in [1.29, 1.82) is 0 Å². The number of nitrogens with one attached hydrogen (secondary N) is 2. The number of benzene rings is 2. The standard InChI is InChI=1S/C26H28N4O/c1-17(2)16-27-22-13-8-12-20-19-11-7-9-18(15-23(19)29-25(20)22)28-26(31)21-10-5-6-14-24(21)30(3)4/h5-15,17,27,29H,16H2,1-4H3. The van der Waals surface area contributed by atoms with Crippen molar-refractivity contribution >= 4 is 39.1 Å². The Kier molecular flexibility index (Phi) is 5.76. The van der Waals surface area contributed by atoms with Crippen LogP contribution in [0.2, 0.25) is 0 Å². The molecule has 0 atom stereocenters. The molecule has 5 heteroatoms. The first-order valence-corrected chi connectivity index (χ1v) is 10.6. The summed E-state index contributed by atoms with van der Waals surface area (Å²) in [6.07, 6.45) is 0. The Morgan fingerprint density at radius 3 is 2.52 bits per heavy atom. The van der Waals surface area contributed by atoms with Gasteiger partial charge in [-0.1, -0.05) is 50.2 Å². The zero-order valence-corrected chi connectivity index (χ0v) is 18.4. The zero-order chi connectivity index (χ0) is 22.0. The fraction of sp³-hybridized carbons (Fsp3) is 0.231. The number of aromatic nitrogens is 1. The van der Waals surface area contributed by atoms with Gasteiger partial charge in [0.15, 0.2) is 0 Å². The second-order valence-corrected chi connectivity index (χ2v) is 8.38. The van der Waals surface area contributed by atoms with E-state index in [1.54, 1.807) is 0 Å². The van der Waals surface area contributed by atoms with Crippen LogP contribution < -0.4 is 15.6 Å². The highest BCUT2D eigenvalue weighted by Gasteiger charge is 2.11. The molecule has 2 N–H and O–H groups in total. The lowest BCUT2D eigenvalue weighted by Gasteiger charge is -2.15. The highest BCUT2D eigenvalue weighted by atomic mass is 16.1. The largest absolute Gasteiger partial charge is 0.383 e. The zero-order valence-electron chi connectivity index (χ0n) is 18.4. The van der Waals surface area contributed by atoms with Gasteiger partial charge in [-0.05, 0) is 36.2 Å². The molecule has 0 aliphatic heterocycles. The number of nitrogens with zero attached hydrogens (tertiary/aromatic N) is 2. The molecule has 4 rings (SSSR count). The van der Waals surface area contributed by atoms with Gasteiger partial charge in [0.05, 0.1) is 22.1 Å². The number of carbonyl (C=O) groups is 1. The topological polar surface area (TPSA) is 60.5 Å². The van der Waals surface area contributed by atoms with Gasteiger partial charge in [-0.3, -0.25) is 4.79 Å². The molecule has 0 aliphatic rings. The second-order valence-electron chi connectivity index (χ2n) is 8.38. The molecule has 0 fully saturated rings. The fourth-order valence-corrected chi connectivity index (χ4v) is 3.74. The molecular formula is C26H28N4O. The molecule has 0 saturated carbocycles. The van der Waals surface area contributed by atoms with Gasteiger partial charge in [0.25, 0.3) is 5.91 Å². The Hall–Kier alpha value is -3.60. The molecule has 4 aromatic rings. The number of amides is 1. The quantitative estimate of drug-likeness (QED) is 0.474. The molecule has 0 saturated heterocycles. The van der Waals surface area contributed by atoms with Crippen LogP contribution in [0.25, 0.3) is 21.8 Å². The van der Waals surface area contributed by atoms with Gasteiger partial charge in [-0.25, -0.2) is 4.99 Å². The Morgan fingerprint density at radius 2 is 1.74 bits per heavy atom. The number of anilines is 2. The highest BCUT2D eigenvalue weighted by molar-refractivity contribution is 6.11. The molecule has 3 aromatic carbocycles. The number of hydrogen-bond acceptors (Lipinski definition) is 3. The van der Waals surface area contributed by atoms with Crippen molar-refractivity contribution in [3.8, 4) is 0 Å². The molecule has 0 aliphatic carbocycles. The summed E-state index contributed by atoms with van der Waals surface area (Å²) in [7, 11) is 3.85. The number of aromatic amines is 1. The van der Waals surface area contributed by atoms with Gasteiger partial charge in [0, 0.05) is 42.6 Å². The lowest BCUT2D eigenvalue weighted by molar-refractivity contribution is 0.0999. The van der Waals surface area contributed by atoms with Crippen LogP contribution in [0.15, 0.2) is 71.7 Å². The van der Waals surface area contributed by atoms with E-state index in [2.05, 4.69) is 53.4 Å². The molecule has 5 nitrogen and oxygen atoms in total. The monoisotopic (exact) mass is 412 g/mol. The second kappa shape index (κ2) is 8.64. The van der Waals surface area contributed by atoms with Gasteiger partial charge in [0.1, 0.15) is 0 Å². The van der Waals surface area contributed by atoms with Gasteiger partial charge >= 0.3 is 0 Å². The summed E-state index contributed by atoms with van der Waals surface area (Å²) in [4.78, 5) is 22.8. The average molecular weight is 413 g/mol. The molecule has 1 aromatic heterocycles. The first kappa shape index (κ1) is 20.7. The molecule has 158 valence electrons. The van der Waals surface area contributed by atoms with E-state index in [0.717, 1.165) is 39.7 Å². The Balaban J connectivity index is 1.81. The van der Waals surface area contributed by atoms with Gasteiger partial charge in [0.2, 0.25) is 0 Å². The van der Waals surface area contributed by atoms with Crippen molar-refractivity contribution in [3.05, 3.63) is 77.7 Å². The summed E-state index contributed by atoms with van der Waals surface area (Å²) < 4.78 is 0. The van der Waals surface area contributed by atoms with E-state index < -0.39 is 0 Å². The summed E-state index contributed by atoms with van der Waals surface area (Å²) in [5.74, 6) is 0.304. The smallest absolute Gasteiger partial charge is 0.279 e. The number of rotatable bonds is 5. The van der Waals surface area contributed by atoms with Crippen LogP contribution in [-0.2, 0) is 0 Å². The van der Waals surface area contributed by atoms with Gasteiger partial charge in [-0.2, -0.15) is 0 Å². The van der Waals surface area contributed by atoms with E-state index in [4.69, 9.17) is 0 Å². The summed E-state index contributed by atoms with van der Waals surface area (Å²) in [5.41, 5.74) is 4.55. The Labute approximate surface area is 182 Å². The molecule has 31 heavy (non-hydrogen) atoms. The first-order valence-electron chi connectivity index (χ1n) is 10.6. The number of para-hydroxylation sites is 2. The molecule has 0 spiro atoms. The summed E-state index contributed by atoms with van der Waals surface area (Å²) in [5, 5.41) is 6.40. The number of fused-ring (bicyclic) bond motifs is 3. The number of H-pyrrole nitrogens is 1. The van der Waals surface area contributed by atoms with Crippen LogP contribution in [0.1, 0.15) is 24.2 Å². The van der Waals surface area contributed by atoms with Gasteiger partial charge in [-0.15, -0.1) is 0 Å². The molecule has 0 unspecified atom stereocenters. The van der Waals surface area contributed by atoms with Crippen molar-refractivity contribution in [2.24, 2.45) is 10.9 Å². The maximum absolute atomic E-state index is 12.9. The van der Waals surface area contributed by atoms with E-state index in [9.17, 15) is 4.79 Å². The van der Waals surface area contributed by atoms with E-state index in [1.807, 2.05) is 61.5 Å². The third kappa shape index (κ3) is 4.31. The predicted molar refractivity (Wildman–Crippen MR) is 130 cm³/mol. The van der Waals surface area contributed by atoms with Crippen molar-refractivity contribution in [2.45, 2.75) is 13.8 Å². The molecule has 1 amide bonds. The minimum absolute atomic E-state index is 0.251. The Morgan fingerprint density at radius 1 is 1.00 bits per heavy atom. The lowest BCUT2D eigenvalue weighted by Crippen LogP contribution is -2.14. The number of carbonyl (C=O) groups excluding carboxylic acids is 1. The predicted octanol–water partition coefficient (Wildman–Crippen LogP) is 5.20. The normalized spacial score (nSPS) is 12.0. The van der Waals surface area contributed by atoms with E-state index in [1.165, 1.54) is 0 Å². The third-order valence-corrected chi connectivity index (χ3v) is 5.27. The third-order valence-electron chi connectivity index (χ3n) is 5.27. The minimum Gasteiger partial charge on any atom is -0.383 e. The van der Waals surface area contributed by atoms with E-state index >= 15 is 0 Å². The molecule has 1 heterocycles. The van der Waals surface area contributed by atoms with E-state index in [-0.39, 0.29) is 5.91 Å². The van der Waals surface area contributed by atoms with Crippen molar-refractivity contribution < 1.29 is 4.79 Å². The molecular weight excluding hydrogens is 384 g/mol. The fourth-order valence-electron chi connectivity index (χ4n) is 3.74. The van der Waals surface area contributed by atoms with Crippen LogP contribution >= 0.6 is 0 Å². The maximum Gasteiger partial charge on any atom is 0.279 e. The van der Waals surface area contributed by atoms with Crippen LogP contribution in [0.5, 0.6) is 0 Å². The van der Waals surface area contributed by atoms with Crippen LogP contribution in [-0.4, -0.2) is 31.5 Å². The molecule has 0 radical (unpaired) electrons. The van der Waals surface area contributed by atoms with Crippen molar-refractivity contribution in [1.82, 2.24) is 4.98 Å². The summed E-state index contributed by atoms with van der Waals surface area (Å²) in [6.45, 7) is 5.29. The van der Waals surface area contributed by atoms with Crippen LogP contribution in [0.3, 0.4) is 0 Å². The SMILES string of the molecule is CC(C)CNc1cccc2c1[nH]c1cc(=NC(=O)c3ccccc3N(C)C)cccc12. The van der Waals surface area contributed by atoms with E-state index in [0.29, 0.717) is 16.8 Å².